The first-order chi connectivity index (χ1) is 10.1. The van der Waals surface area contributed by atoms with Crippen LogP contribution in [0.2, 0.25) is 0 Å². The van der Waals surface area contributed by atoms with Crippen molar-refractivity contribution in [1.29, 1.82) is 0 Å². The van der Waals surface area contributed by atoms with Crippen LogP contribution >= 0.6 is 0 Å². The molecule has 1 aromatic carbocycles. The van der Waals surface area contributed by atoms with Crippen LogP contribution in [0.25, 0.3) is 5.57 Å². The Morgan fingerprint density at radius 1 is 1.00 bits per heavy atom. The van der Waals surface area contributed by atoms with Crippen molar-refractivity contribution in [3.8, 4) is 0 Å². The van der Waals surface area contributed by atoms with Gasteiger partial charge in [-0.3, -0.25) is 9.80 Å². The predicted molar refractivity (Wildman–Crippen MR) is 92.4 cm³/mol. The molecule has 1 fully saturated rings. The van der Waals surface area contributed by atoms with Crippen molar-refractivity contribution in [3.05, 3.63) is 42.0 Å². The lowest BCUT2D eigenvalue weighted by atomic mass is 10.0. The zero-order chi connectivity index (χ0) is 15.2. The monoisotopic (exact) mass is 286 g/mol. The van der Waals surface area contributed by atoms with E-state index in [2.05, 4.69) is 73.9 Å². The van der Waals surface area contributed by atoms with Crippen molar-refractivity contribution in [2.24, 2.45) is 5.92 Å². The SMILES string of the molecule is CC(C)/C=C(/CN1CCN(C(C)C)CC1)c1ccccc1. The molecule has 0 atom stereocenters. The van der Waals surface area contributed by atoms with Gasteiger partial charge in [0.2, 0.25) is 0 Å². The van der Waals surface area contributed by atoms with Crippen molar-refractivity contribution >= 4 is 5.57 Å². The fraction of sp³-hybridized carbons (Fsp3) is 0.579. The standard InChI is InChI=1S/C19H30N2/c1-16(2)14-19(18-8-6-5-7-9-18)15-20-10-12-21(13-11-20)17(3)4/h5-9,14,16-17H,10-13,15H2,1-4H3/b19-14-. The minimum Gasteiger partial charge on any atom is -0.298 e. The highest BCUT2D eigenvalue weighted by Gasteiger charge is 2.19. The lowest BCUT2D eigenvalue weighted by Crippen LogP contribution is -2.49. The van der Waals surface area contributed by atoms with E-state index in [0.29, 0.717) is 12.0 Å². The molecule has 0 saturated carbocycles. The number of hydrogen-bond acceptors (Lipinski definition) is 2. The van der Waals surface area contributed by atoms with Crippen molar-refractivity contribution in [2.75, 3.05) is 32.7 Å². The summed E-state index contributed by atoms with van der Waals surface area (Å²) in [6.07, 6.45) is 2.42. The number of allylic oxidation sites excluding steroid dienone is 1. The lowest BCUT2D eigenvalue weighted by Gasteiger charge is -2.37. The highest BCUT2D eigenvalue weighted by Crippen LogP contribution is 2.19. The maximum atomic E-state index is 2.60. The molecule has 1 heterocycles. The number of rotatable bonds is 5. The summed E-state index contributed by atoms with van der Waals surface area (Å²) in [5.74, 6) is 0.595. The van der Waals surface area contributed by atoms with Gasteiger partial charge in [0.1, 0.15) is 0 Å². The summed E-state index contributed by atoms with van der Waals surface area (Å²) in [6, 6.07) is 11.5. The Kier molecular flexibility index (Phi) is 6.01. The quantitative estimate of drug-likeness (QED) is 0.813. The van der Waals surface area contributed by atoms with Gasteiger partial charge in [0.15, 0.2) is 0 Å². The molecule has 0 bridgehead atoms. The molecule has 21 heavy (non-hydrogen) atoms. The minimum atomic E-state index is 0.595. The third-order valence-electron chi connectivity index (χ3n) is 4.21. The van der Waals surface area contributed by atoms with Crippen molar-refractivity contribution < 1.29 is 0 Å². The van der Waals surface area contributed by atoms with Crippen LogP contribution in [0.5, 0.6) is 0 Å². The van der Waals surface area contributed by atoms with E-state index in [0.717, 1.165) is 6.54 Å². The normalized spacial score (nSPS) is 18.7. The van der Waals surface area contributed by atoms with Crippen LogP contribution in [0.3, 0.4) is 0 Å². The largest absolute Gasteiger partial charge is 0.298 e. The molecule has 2 nitrogen and oxygen atoms in total. The maximum Gasteiger partial charge on any atom is 0.0237 e. The summed E-state index contributed by atoms with van der Waals surface area (Å²) in [5, 5.41) is 0. The van der Waals surface area contributed by atoms with Gasteiger partial charge in [-0.2, -0.15) is 0 Å². The fourth-order valence-corrected chi connectivity index (χ4v) is 2.97. The molecule has 0 radical (unpaired) electrons. The van der Waals surface area contributed by atoms with E-state index in [1.54, 1.807) is 0 Å². The van der Waals surface area contributed by atoms with Crippen LogP contribution in [-0.2, 0) is 0 Å². The molecule has 1 aliphatic rings. The zero-order valence-electron chi connectivity index (χ0n) is 14.0. The van der Waals surface area contributed by atoms with Crippen LogP contribution in [0.4, 0.5) is 0 Å². The van der Waals surface area contributed by atoms with Gasteiger partial charge in [0, 0.05) is 38.8 Å². The number of hydrogen-bond donors (Lipinski definition) is 0. The lowest BCUT2D eigenvalue weighted by molar-refractivity contribution is 0.118. The Morgan fingerprint density at radius 2 is 1.62 bits per heavy atom. The summed E-state index contributed by atoms with van der Waals surface area (Å²) in [5.41, 5.74) is 2.85. The maximum absolute atomic E-state index is 2.60. The van der Waals surface area contributed by atoms with E-state index in [9.17, 15) is 0 Å². The molecule has 0 aliphatic carbocycles. The summed E-state index contributed by atoms with van der Waals surface area (Å²) in [4.78, 5) is 5.17. The molecule has 1 saturated heterocycles. The van der Waals surface area contributed by atoms with Gasteiger partial charge < -0.3 is 0 Å². The summed E-state index contributed by atoms with van der Waals surface area (Å²) < 4.78 is 0. The molecule has 0 amide bonds. The summed E-state index contributed by atoms with van der Waals surface area (Å²) in [7, 11) is 0. The molecular formula is C19H30N2. The molecule has 0 N–H and O–H groups in total. The van der Waals surface area contributed by atoms with E-state index in [4.69, 9.17) is 0 Å². The van der Waals surface area contributed by atoms with Crippen LogP contribution < -0.4 is 0 Å². The van der Waals surface area contributed by atoms with Crippen LogP contribution in [0.15, 0.2) is 36.4 Å². The van der Waals surface area contributed by atoms with E-state index < -0.39 is 0 Å². The first kappa shape index (κ1) is 16.3. The van der Waals surface area contributed by atoms with Gasteiger partial charge >= 0.3 is 0 Å². The number of piperazine rings is 1. The summed E-state index contributed by atoms with van der Waals surface area (Å²) >= 11 is 0. The molecule has 0 aromatic heterocycles. The Balaban J connectivity index is 2.01. The van der Waals surface area contributed by atoms with Gasteiger partial charge in [0.25, 0.3) is 0 Å². The topological polar surface area (TPSA) is 6.48 Å². The molecule has 1 aliphatic heterocycles. The van der Waals surface area contributed by atoms with Crippen molar-refractivity contribution in [1.82, 2.24) is 9.80 Å². The zero-order valence-corrected chi connectivity index (χ0v) is 14.0. The molecule has 116 valence electrons. The van der Waals surface area contributed by atoms with Gasteiger partial charge in [-0.25, -0.2) is 0 Å². The van der Waals surface area contributed by atoms with Crippen LogP contribution in [-0.4, -0.2) is 48.6 Å². The third-order valence-corrected chi connectivity index (χ3v) is 4.21. The van der Waals surface area contributed by atoms with Crippen LogP contribution in [0.1, 0.15) is 33.3 Å². The van der Waals surface area contributed by atoms with Gasteiger partial charge in [-0.15, -0.1) is 0 Å². The highest BCUT2D eigenvalue weighted by atomic mass is 15.3. The Morgan fingerprint density at radius 3 is 2.14 bits per heavy atom. The second kappa shape index (κ2) is 7.77. The first-order valence-corrected chi connectivity index (χ1v) is 8.28. The van der Waals surface area contributed by atoms with E-state index >= 15 is 0 Å². The second-order valence-electron chi connectivity index (χ2n) is 6.71. The van der Waals surface area contributed by atoms with Gasteiger partial charge in [-0.05, 0) is 30.9 Å². The molecular weight excluding hydrogens is 256 g/mol. The van der Waals surface area contributed by atoms with E-state index in [-0.39, 0.29) is 0 Å². The number of benzene rings is 1. The summed E-state index contributed by atoms with van der Waals surface area (Å²) in [6.45, 7) is 14.9. The molecule has 0 spiro atoms. The average Bonchev–Trinajstić information content (AvgIpc) is 2.47. The third kappa shape index (κ3) is 4.98. The second-order valence-corrected chi connectivity index (χ2v) is 6.71. The Bertz CT molecular complexity index is 440. The van der Waals surface area contributed by atoms with E-state index in [1.165, 1.54) is 37.3 Å². The Labute approximate surface area is 130 Å². The number of nitrogens with zero attached hydrogens (tertiary/aromatic N) is 2. The molecule has 0 unspecified atom stereocenters. The Hall–Kier alpha value is -1.12. The van der Waals surface area contributed by atoms with Gasteiger partial charge in [0.05, 0.1) is 0 Å². The first-order valence-electron chi connectivity index (χ1n) is 8.28. The predicted octanol–water partition coefficient (Wildman–Crippen LogP) is 3.75. The van der Waals surface area contributed by atoms with E-state index in [1.807, 2.05) is 0 Å². The fourth-order valence-electron chi connectivity index (χ4n) is 2.97. The van der Waals surface area contributed by atoms with Gasteiger partial charge in [-0.1, -0.05) is 50.3 Å². The smallest absolute Gasteiger partial charge is 0.0237 e. The minimum absolute atomic E-state index is 0.595. The van der Waals surface area contributed by atoms with Crippen LogP contribution in [0, 0.1) is 5.92 Å². The molecule has 1 aromatic rings. The highest BCUT2D eigenvalue weighted by molar-refractivity contribution is 5.67. The van der Waals surface area contributed by atoms with Crippen molar-refractivity contribution in [3.63, 3.8) is 0 Å². The average molecular weight is 286 g/mol. The van der Waals surface area contributed by atoms with Crippen molar-refractivity contribution in [2.45, 2.75) is 33.7 Å². The molecule has 2 heteroatoms. The molecule has 2 rings (SSSR count).